The predicted molar refractivity (Wildman–Crippen MR) is 105 cm³/mol. The number of esters is 1. The molecule has 0 atom stereocenters. The lowest BCUT2D eigenvalue weighted by molar-refractivity contribution is -0.670. The van der Waals surface area contributed by atoms with Crippen LogP contribution in [-0.4, -0.2) is 48.7 Å². The van der Waals surface area contributed by atoms with Gasteiger partial charge in [0.25, 0.3) is 6.20 Å². The van der Waals surface area contributed by atoms with Crippen molar-refractivity contribution in [3.8, 4) is 5.69 Å². The molecule has 1 aromatic carbocycles. The molecule has 0 aliphatic carbocycles. The SMILES string of the molecule is CCOC(=O)c1ccc(-[n+]2cc(NC(=O)NCCNC(=O)OC(C)(C)C)on2)cc1. The number of amides is 3. The van der Waals surface area contributed by atoms with Crippen molar-refractivity contribution >= 4 is 24.0 Å². The van der Waals surface area contributed by atoms with Gasteiger partial charge in [0.05, 0.1) is 12.2 Å². The van der Waals surface area contributed by atoms with E-state index in [-0.39, 0.29) is 19.0 Å². The number of anilines is 1. The Labute approximate surface area is 173 Å². The Bertz CT molecular complexity index is 872. The number of rotatable bonds is 7. The van der Waals surface area contributed by atoms with Gasteiger partial charge in [-0.05, 0) is 44.5 Å². The number of aromatic nitrogens is 2. The zero-order chi connectivity index (χ0) is 22.1. The molecule has 0 aliphatic heterocycles. The second-order valence-corrected chi connectivity index (χ2v) is 7.09. The summed E-state index contributed by atoms with van der Waals surface area (Å²) in [6.45, 7) is 7.71. The number of hydrogen-bond donors (Lipinski definition) is 3. The summed E-state index contributed by atoms with van der Waals surface area (Å²) in [6, 6.07) is 6.02. The van der Waals surface area contributed by atoms with Crippen molar-refractivity contribution in [2.24, 2.45) is 0 Å². The first-order chi connectivity index (χ1) is 14.2. The quantitative estimate of drug-likeness (QED) is 0.353. The first-order valence-electron chi connectivity index (χ1n) is 9.36. The Morgan fingerprint density at radius 3 is 2.40 bits per heavy atom. The van der Waals surface area contributed by atoms with Gasteiger partial charge in [-0.3, -0.25) is 9.84 Å². The van der Waals surface area contributed by atoms with Crippen molar-refractivity contribution in [1.82, 2.24) is 15.9 Å². The number of nitrogens with zero attached hydrogens (tertiary/aromatic N) is 2. The van der Waals surface area contributed by atoms with E-state index in [1.807, 2.05) is 0 Å². The molecule has 11 nitrogen and oxygen atoms in total. The van der Waals surface area contributed by atoms with Gasteiger partial charge in [0.1, 0.15) is 5.60 Å². The van der Waals surface area contributed by atoms with E-state index in [0.717, 1.165) is 0 Å². The van der Waals surface area contributed by atoms with Crippen molar-refractivity contribution in [1.29, 1.82) is 0 Å². The van der Waals surface area contributed by atoms with Gasteiger partial charge in [-0.1, -0.05) is 0 Å². The summed E-state index contributed by atoms with van der Waals surface area (Å²) >= 11 is 0. The maximum absolute atomic E-state index is 11.9. The summed E-state index contributed by atoms with van der Waals surface area (Å²) in [5, 5.41) is 11.4. The Balaban J connectivity index is 1.79. The molecule has 3 amide bonds. The lowest BCUT2D eigenvalue weighted by Gasteiger charge is -2.19. The van der Waals surface area contributed by atoms with Crippen molar-refractivity contribution < 1.29 is 33.1 Å². The van der Waals surface area contributed by atoms with Crippen molar-refractivity contribution in [2.75, 3.05) is 25.0 Å². The molecule has 0 radical (unpaired) electrons. The van der Waals surface area contributed by atoms with Crippen molar-refractivity contribution in [3.05, 3.63) is 36.0 Å². The third-order valence-corrected chi connectivity index (χ3v) is 3.43. The molecule has 30 heavy (non-hydrogen) atoms. The number of alkyl carbamates (subject to hydrolysis) is 1. The Kier molecular flexibility index (Phi) is 7.73. The Hall–Kier alpha value is -3.63. The van der Waals surface area contributed by atoms with Crippen LogP contribution in [0, 0.1) is 0 Å². The fourth-order valence-electron chi connectivity index (χ4n) is 2.20. The highest BCUT2D eigenvalue weighted by atomic mass is 16.6. The summed E-state index contributed by atoms with van der Waals surface area (Å²) in [5.41, 5.74) is 0.458. The van der Waals surface area contributed by atoms with Crippen molar-refractivity contribution in [3.63, 3.8) is 0 Å². The van der Waals surface area contributed by atoms with Gasteiger partial charge in [-0.15, -0.1) is 0 Å². The number of nitrogens with one attached hydrogen (secondary N) is 3. The minimum atomic E-state index is -0.588. The third-order valence-electron chi connectivity index (χ3n) is 3.43. The average molecular weight is 420 g/mol. The molecule has 2 aromatic rings. The largest absolute Gasteiger partial charge is 0.462 e. The Morgan fingerprint density at radius 1 is 1.10 bits per heavy atom. The number of ether oxygens (including phenoxy) is 2. The van der Waals surface area contributed by atoms with E-state index < -0.39 is 23.7 Å². The fraction of sp³-hybridized carbons (Fsp3) is 0.421. The molecule has 3 N–H and O–H groups in total. The van der Waals surface area contributed by atoms with E-state index in [9.17, 15) is 14.4 Å². The lowest BCUT2D eigenvalue weighted by atomic mass is 10.2. The number of carbonyl (C=O) groups excluding carboxylic acids is 3. The van der Waals surface area contributed by atoms with E-state index in [1.165, 1.54) is 10.9 Å². The average Bonchev–Trinajstić information content (AvgIpc) is 3.12. The summed E-state index contributed by atoms with van der Waals surface area (Å²) < 4.78 is 16.5. The minimum Gasteiger partial charge on any atom is -0.462 e. The zero-order valence-electron chi connectivity index (χ0n) is 17.4. The van der Waals surface area contributed by atoms with E-state index in [4.69, 9.17) is 14.0 Å². The van der Waals surface area contributed by atoms with E-state index >= 15 is 0 Å². The monoisotopic (exact) mass is 420 g/mol. The molecule has 0 bridgehead atoms. The summed E-state index contributed by atoms with van der Waals surface area (Å²) in [5.74, 6) is -0.295. The van der Waals surface area contributed by atoms with Gasteiger partial charge >= 0.3 is 24.0 Å². The third kappa shape index (κ3) is 7.41. The normalized spacial score (nSPS) is 10.8. The van der Waals surface area contributed by atoms with Crippen LogP contribution in [0.2, 0.25) is 0 Å². The molecule has 1 aromatic heterocycles. The van der Waals surface area contributed by atoms with Crippen LogP contribution in [0.3, 0.4) is 0 Å². The van der Waals surface area contributed by atoms with Crippen LogP contribution in [0.25, 0.3) is 5.69 Å². The zero-order valence-corrected chi connectivity index (χ0v) is 17.4. The van der Waals surface area contributed by atoms with Crippen LogP contribution < -0.4 is 20.6 Å². The summed E-state index contributed by atoms with van der Waals surface area (Å²) in [4.78, 5) is 35.1. The highest BCUT2D eigenvalue weighted by Crippen LogP contribution is 2.08. The molecule has 0 aliphatic rings. The first-order valence-corrected chi connectivity index (χ1v) is 9.36. The maximum Gasteiger partial charge on any atom is 0.407 e. The molecule has 0 fully saturated rings. The molecular weight excluding hydrogens is 394 g/mol. The van der Waals surface area contributed by atoms with E-state index in [2.05, 4.69) is 21.2 Å². The maximum atomic E-state index is 11.9. The minimum absolute atomic E-state index is 0.113. The fourth-order valence-corrected chi connectivity index (χ4v) is 2.20. The van der Waals surface area contributed by atoms with Gasteiger partial charge in [0.2, 0.25) is 11.0 Å². The van der Waals surface area contributed by atoms with Gasteiger partial charge in [0.15, 0.2) is 0 Å². The molecule has 0 saturated heterocycles. The standard InChI is InChI=1S/C19H25N5O6/c1-5-28-16(25)13-6-8-14(9-7-13)24-12-15(30-23-24)22-17(26)20-10-11-21-18(27)29-19(2,3)4/h6-9,12H,5,10-11H2,1-4H3,(H2-,20,21,22,23,26,27)/p+1. The topological polar surface area (TPSA) is 136 Å². The Morgan fingerprint density at radius 2 is 1.77 bits per heavy atom. The molecule has 0 saturated carbocycles. The van der Waals surface area contributed by atoms with Gasteiger partial charge in [-0.2, -0.15) is 0 Å². The number of hydrogen-bond acceptors (Lipinski definition) is 7. The van der Waals surface area contributed by atoms with Crippen molar-refractivity contribution in [2.45, 2.75) is 33.3 Å². The first kappa shape index (κ1) is 22.7. The summed E-state index contributed by atoms with van der Waals surface area (Å²) in [6.07, 6.45) is 0.910. The molecule has 2 rings (SSSR count). The second-order valence-electron chi connectivity index (χ2n) is 7.09. The number of carbonyl (C=O) groups is 3. The van der Waals surface area contributed by atoms with E-state index in [0.29, 0.717) is 17.9 Å². The van der Waals surface area contributed by atoms with Crippen LogP contribution in [0.4, 0.5) is 15.5 Å². The molecule has 162 valence electrons. The predicted octanol–water partition coefficient (Wildman–Crippen LogP) is 1.77. The van der Waals surface area contributed by atoms with Crippen LogP contribution in [0.5, 0.6) is 0 Å². The summed E-state index contributed by atoms with van der Waals surface area (Å²) in [7, 11) is 0. The second kappa shape index (κ2) is 10.2. The number of benzene rings is 1. The lowest BCUT2D eigenvalue weighted by Crippen LogP contribution is -2.39. The molecule has 1 heterocycles. The van der Waals surface area contributed by atoms with Crippen LogP contribution in [-0.2, 0) is 9.47 Å². The van der Waals surface area contributed by atoms with Crippen LogP contribution in [0.1, 0.15) is 38.1 Å². The molecule has 11 heteroatoms. The van der Waals surface area contributed by atoms with Gasteiger partial charge < -0.3 is 20.1 Å². The molecule has 0 unspecified atom stereocenters. The molecule has 0 spiro atoms. The van der Waals surface area contributed by atoms with Crippen LogP contribution >= 0.6 is 0 Å². The molecular formula is C19H26N5O6+. The highest BCUT2D eigenvalue weighted by molar-refractivity contribution is 5.89. The highest BCUT2D eigenvalue weighted by Gasteiger charge is 2.18. The van der Waals surface area contributed by atoms with Gasteiger partial charge in [-0.25, -0.2) is 14.4 Å². The van der Waals surface area contributed by atoms with E-state index in [1.54, 1.807) is 52.0 Å². The smallest absolute Gasteiger partial charge is 0.407 e. The number of urea groups is 1. The van der Waals surface area contributed by atoms with Gasteiger partial charge in [0, 0.05) is 25.2 Å². The van der Waals surface area contributed by atoms with Crippen LogP contribution in [0.15, 0.2) is 35.0 Å².